The smallest absolute Gasteiger partial charge is 0.406 e. The number of nitrogens with zero attached hydrogens (tertiary/aromatic N) is 2. The topological polar surface area (TPSA) is 104 Å². The van der Waals surface area contributed by atoms with E-state index in [0.29, 0.717) is 23.7 Å². The SMILES string of the molecule is Cc1ccc(O[C@@H](C)C(=O)Nc2ccc(OCc3ccccc3)cc2)c([N+](=O)[O-])n1. The van der Waals surface area contributed by atoms with Gasteiger partial charge in [-0.2, -0.15) is 0 Å². The van der Waals surface area contributed by atoms with E-state index < -0.39 is 22.8 Å². The van der Waals surface area contributed by atoms with Gasteiger partial charge in [0.1, 0.15) is 18.1 Å². The van der Waals surface area contributed by atoms with Crippen molar-refractivity contribution >= 4 is 17.4 Å². The van der Waals surface area contributed by atoms with Crippen LogP contribution in [0.15, 0.2) is 66.7 Å². The first kappa shape index (κ1) is 20.8. The van der Waals surface area contributed by atoms with Crippen molar-refractivity contribution in [2.75, 3.05) is 5.32 Å². The summed E-state index contributed by atoms with van der Waals surface area (Å²) in [5.74, 6) is -0.252. The number of hydrogen-bond acceptors (Lipinski definition) is 6. The molecule has 0 unspecified atom stereocenters. The van der Waals surface area contributed by atoms with E-state index in [0.717, 1.165) is 5.56 Å². The summed E-state index contributed by atoms with van der Waals surface area (Å²) in [6.45, 7) is 3.59. The molecule has 1 atom stereocenters. The highest BCUT2D eigenvalue weighted by Gasteiger charge is 2.23. The van der Waals surface area contributed by atoms with E-state index in [-0.39, 0.29) is 5.75 Å². The molecule has 0 aliphatic heterocycles. The van der Waals surface area contributed by atoms with E-state index in [9.17, 15) is 14.9 Å². The van der Waals surface area contributed by atoms with Gasteiger partial charge < -0.3 is 24.9 Å². The maximum absolute atomic E-state index is 12.4. The Bertz CT molecular complexity index is 1020. The third-order valence-electron chi connectivity index (χ3n) is 4.19. The fourth-order valence-electron chi connectivity index (χ4n) is 2.62. The summed E-state index contributed by atoms with van der Waals surface area (Å²) in [7, 11) is 0. The highest BCUT2D eigenvalue weighted by atomic mass is 16.6. The number of rotatable bonds is 8. The van der Waals surface area contributed by atoms with E-state index in [4.69, 9.17) is 9.47 Å². The molecule has 8 nitrogen and oxygen atoms in total. The summed E-state index contributed by atoms with van der Waals surface area (Å²) in [5.41, 5.74) is 2.10. The van der Waals surface area contributed by atoms with Crippen LogP contribution >= 0.6 is 0 Å². The van der Waals surface area contributed by atoms with Crippen molar-refractivity contribution in [1.29, 1.82) is 0 Å². The number of anilines is 1. The molecule has 0 radical (unpaired) electrons. The number of aromatic nitrogens is 1. The van der Waals surface area contributed by atoms with Crippen molar-refractivity contribution in [2.24, 2.45) is 0 Å². The molecule has 0 saturated carbocycles. The predicted octanol–water partition coefficient (Wildman–Crippen LogP) is 4.28. The molecule has 8 heteroatoms. The Hall–Kier alpha value is -3.94. The minimum atomic E-state index is -0.956. The number of hydrogen-bond donors (Lipinski definition) is 1. The minimum Gasteiger partial charge on any atom is -0.489 e. The van der Waals surface area contributed by atoms with Crippen molar-refractivity contribution in [3.63, 3.8) is 0 Å². The predicted molar refractivity (Wildman–Crippen MR) is 112 cm³/mol. The van der Waals surface area contributed by atoms with Gasteiger partial charge in [-0.05, 0) is 58.8 Å². The number of pyridine rings is 1. The lowest BCUT2D eigenvalue weighted by molar-refractivity contribution is -0.390. The lowest BCUT2D eigenvalue weighted by Crippen LogP contribution is -2.30. The van der Waals surface area contributed by atoms with Crippen LogP contribution in [0.2, 0.25) is 0 Å². The van der Waals surface area contributed by atoms with Crippen molar-refractivity contribution < 1.29 is 19.2 Å². The Labute approximate surface area is 173 Å². The summed E-state index contributed by atoms with van der Waals surface area (Å²) < 4.78 is 11.2. The zero-order chi connectivity index (χ0) is 21.5. The van der Waals surface area contributed by atoms with Crippen LogP contribution < -0.4 is 14.8 Å². The maximum Gasteiger partial charge on any atom is 0.406 e. The second kappa shape index (κ2) is 9.51. The Morgan fingerprint density at radius 1 is 1.10 bits per heavy atom. The fraction of sp³-hybridized carbons (Fsp3) is 0.182. The van der Waals surface area contributed by atoms with Crippen LogP contribution in [0, 0.1) is 17.0 Å². The molecule has 0 aliphatic rings. The molecule has 1 amide bonds. The summed E-state index contributed by atoms with van der Waals surface area (Å²) >= 11 is 0. The zero-order valence-corrected chi connectivity index (χ0v) is 16.6. The van der Waals surface area contributed by atoms with Gasteiger partial charge in [-0.25, -0.2) is 0 Å². The Morgan fingerprint density at radius 2 is 1.80 bits per heavy atom. The molecule has 0 saturated heterocycles. The molecule has 1 heterocycles. The van der Waals surface area contributed by atoms with Crippen LogP contribution in [0.3, 0.4) is 0 Å². The van der Waals surface area contributed by atoms with Crippen molar-refractivity contribution in [3.05, 3.63) is 88.1 Å². The van der Waals surface area contributed by atoms with Crippen LogP contribution in [-0.4, -0.2) is 21.9 Å². The number of aryl methyl sites for hydroxylation is 1. The van der Waals surface area contributed by atoms with Crippen molar-refractivity contribution in [2.45, 2.75) is 26.6 Å². The second-order valence-electron chi connectivity index (χ2n) is 6.58. The van der Waals surface area contributed by atoms with Gasteiger partial charge in [0.05, 0.1) is 0 Å². The van der Waals surface area contributed by atoms with Gasteiger partial charge in [-0.3, -0.25) is 4.79 Å². The van der Waals surface area contributed by atoms with Gasteiger partial charge in [-0.1, -0.05) is 30.3 Å². The summed E-state index contributed by atoms with van der Waals surface area (Å²) in [5, 5.41) is 13.9. The fourth-order valence-corrected chi connectivity index (χ4v) is 2.62. The monoisotopic (exact) mass is 407 g/mol. The van der Waals surface area contributed by atoms with Gasteiger partial charge >= 0.3 is 5.82 Å². The molecule has 2 aromatic carbocycles. The third-order valence-corrected chi connectivity index (χ3v) is 4.19. The maximum atomic E-state index is 12.4. The summed E-state index contributed by atoms with van der Waals surface area (Å²) in [6, 6.07) is 19.7. The largest absolute Gasteiger partial charge is 0.489 e. The molecule has 0 bridgehead atoms. The first-order chi connectivity index (χ1) is 14.4. The molecule has 30 heavy (non-hydrogen) atoms. The second-order valence-corrected chi connectivity index (χ2v) is 6.58. The van der Waals surface area contributed by atoms with Gasteiger partial charge in [0.2, 0.25) is 5.75 Å². The lowest BCUT2D eigenvalue weighted by atomic mass is 10.2. The number of ether oxygens (including phenoxy) is 2. The number of amides is 1. The number of benzene rings is 2. The van der Waals surface area contributed by atoms with Gasteiger partial charge in [-0.15, -0.1) is 0 Å². The van der Waals surface area contributed by atoms with E-state index in [1.165, 1.54) is 13.0 Å². The Kier molecular flexibility index (Phi) is 6.59. The van der Waals surface area contributed by atoms with Crippen molar-refractivity contribution in [1.82, 2.24) is 4.98 Å². The van der Waals surface area contributed by atoms with Gasteiger partial charge in [0, 0.05) is 12.6 Å². The molecule has 154 valence electrons. The molecule has 0 spiro atoms. The van der Waals surface area contributed by atoms with E-state index >= 15 is 0 Å². The van der Waals surface area contributed by atoms with Gasteiger partial charge in [0.15, 0.2) is 6.10 Å². The molecule has 0 fully saturated rings. The van der Waals surface area contributed by atoms with Crippen LogP contribution in [0.25, 0.3) is 0 Å². The standard InChI is InChI=1S/C22H21N3O5/c1-15-8-13-20(21(23-15)25(27)28)30-16(2)22(26)24-18-9-11-19(12-10-18)29-14-17-6-4-3-5-7-17/h3-13,16H,14H2,1-2H3,(H,24,26)/t16-/m0/s1. The van der Waals surface area contributed by atoms with E-state index in [2.05, 4.69) is 10.3 Å². The molecule has 1 aromatic heterocycles. The quantitative estimate of drug-likeness (QED) is 0.441. The number of carbonyl (C=O) groups is 1. The van der Waals surface area contributed by atoms with Gasteiger partial charge in [0.25, 0.3) is 5.91 Å². The first-order valence-electron chi connectivity index (χ1n) is 9.29. The lowest BCUT2D eigenvalue weighted by Gasteiger charge is -2.15. The minimum absolute atomic E-state index is 0.0575. The highest BCUT2D eigenvalue weighted by Crippen LogP contribution is 2.26. The van der Waals surface area contributed by atoms with Crippen molar-refractivity contribution in [3.8, 4) is 11.5 Å². The number of nitrogens with one attached hydrogen (secondary N) is 1. The van der Waals surface area contributed by atoms with Crippen LogP contribution in [-0.2, 0) is 11.4 Å². The van der Waals surface area contributed by atoms with E-state index in [1.807, 2.05) is 30.3 Å². The summed E-state index contributed by atoms with van der Waals surface area (Å²) in [6.07, 6.45) is -0.956. The molecule has 3 aromatic rings. The Morgan fingerprint density at radius 3 is 2.47 bits per heavy atom. The van der Waals surface area contributed by atoms with Crippen LogP contribution in [0.1, 0.15) is 18.2 Å². The molecular formula is C22H21N3O5. The van der Waals surface area contributed by atoms with E-state index in [1.54, 1.807) is 37.3 Å². The third kappa shape index (κ3) is 5.54. The molecular weight excluding hydrogens is 386 g/mol. The summed E-state index contributed by atoms with van der Waals surface area (Å²) in [4.78, 5) is 26.8. The zero-order valence-electron chi connectivity index (χ0n) is 16.6. The highest BCUT2D eigenvalue weighted by molar-refractivity contribution is 5.94. The number of nitro groups is 1. The Balaban J connectivity index is 1.57. The van der Waals surface area contributed by atoms with Crippen LogP contribution in [0.5, 0.6) is 11.5 Å². The average Bonchev–Trinajstić information content (AvgIpc) is 2.75. The molecule has 3 rings (SSSR count). The van der Waals surface area contributed by atoms with Crippen LogP contribution in [0.4, 0.5) is 11.5 Å². The molecule has 1 N–H and O–H groups in total. The molecule has 0 aliphatic carbocycles. The first-order valence-corrected chi connectivity index (χ1v) is 9.29. The number of carbonyl (C=O) groups excluding carboxylic acids is 1. The average molecular weight is 407 g/mol. The normalized spacial score (nSPS) is 11.4.